The van der Waals surface area contributed by atoms with Crippen molar-refractivity contribution >= 4 is 50.8 Å². The van der Waals surface area contributed by atoms with Gasteiger partial charge in [-0.2, -0.15) is 0 Å². The van der Waals surface area contributed by atoms with Gasteiger partial charge in [0.15, 0.2) is 10.1 Å². The van der Waals surface area contributed by atoms with Crippen molar-refractivity contribution in [1.82, 2.24) is 9.97 Å². The highest BCUT2D eigenvalue weighted by Crippen LogP contribution is 2.24. The van der Waals surface area contributed by atoms with Crippen LogP contribution >= 0.6 is 23.4 Å². The number of esters is 1. The highest BCUT2D eigenvalue weighted by Gasteiger charge is 2.23. The number of sulfone groups is 1. The van der Waals surface area contributed by atoms with Gasteiger partial charge in [0.05, 0.1) is 34.7 Å². The van der Waals surface area contributed by atoms with Gasteiger partial charge in [-0.3, -0.25) is 9.59 Å². The number of nitrogens with one attached hydrogen (secondary N) is 2. The van der Waals surface area contributed by atoms with Crippen molar-refractivity contribution in [1.29, 1.82) is 0 Å². The number of amides is 1. The number of nitrogens with zero attached hydrogens (tertiary/aromatic N) is 1. The number of thioether (sulfide) groups is 1. The number of H-pyrrole nitrogens is 1. The third-order valence-electron chi connectivity index (χ3n) is 4.52. The molecule has 9 nitrogen and oxygen atoms in total. The van der Waals surface area contributed by atoms with E-state index in [0.29, 0.717) is 5.56 Å². The molecule has 34 heavy (non-hydrogen) atoms. The lowest BCUT2D eigenvalue weighted by atomic mass is 10.2. The van der Waals surface area contributed by atoms with E-state index in [1.165, 1.54) is 18.2 Å². The monoisotopic (exact) mass is 521 g/mol. The first-order chi connectivity index (χ1) is 16.1. The summed E-state index contributed by atoms with van der Waals surface area (Å²) in [7, 11) is -4.14. The van der Waals surface area contributed by atoms with Crippen LogP contribution in [0, 0.1) is 6.92 Å². The Morgan fingerprint density at radius 3 is 2.62 bits per heavy atom. The van der Waals surface area contributed by atoms with Crippen LogP contribution in [0.3, 0.4) is 0 Å². The average Bonchev–Trinajstić information content (AvgIpc) is 2.79. The molecule has 2 N–H and O–H groups in total. The van der Waals surface area contributed by atoms with E-state index in [9.17, 15) is 22.8 Å². The zero-order chi connectivity index (χ0) is 24.9. The third-order valence-corrected chi connectivity index (χ3v) is 7.56. The molecule has 12 heteroatoms. The Kier molecular flexibility index (Phi) is 8.13. The highest BCUT2D eigenvalue weighted by molar-refractivity contribution is 7.99. The predicted molar refractivity (Wildman–Crippen MR) is 128 cm³/mol. The van der Waals surface area contributed by atoms with Crippen molar-refractivity contribution in [3.05, 3.63) is 75.2 Å². The van der Waals surface area contributed by atoms with Crippen LogP contribution in [-0.2, 0) is 19.4 Å². The minimum atomic E-state index is -4.14. The molecular formula is C22H20ClN3O6S2. The van der Waals surface area contributed by atoms with Gasteiger partial charge in [0.1, 0.15) is 0 Å². The first-order valence-electron chi connectivity index (χ1n) is 9.93. The molecule has 0 aliphatic heterocycles. The van der Waals surface area contributed by atoms with Crippen LogP contribution < -0.4 is 10.9 Å². The maximum atomic E-state index is 12.8. The molecule has 0 radical (unpaired) electrons. The Hall–Kier alpha value is -3.15. The zero-order valence-electron chi connectivity index (χ0n) is 18.1. The van der Waals surface area contributed by atoms with Crippen molar-refractivity contribution < 1.29 is 22.7 Å². The molecule has 1 amide bonds. The number of hydrogen-bond acceptors (Lipinski definition) is 8. The lowest BCUT2D eigenvalue weighted by Gasteiger charge is -2.10. The number of para-hydroxylation sites is 1. The molecular weight excluding hydrogens is 502 g/mol. The molecule has 0 atom stereocenters. The summed E-state index contributed by atoms with van der Waals surface area (Å²) in [6.07, 6.45) is 0.943. The first-order valence-corrected chi connectivity index (χ1v) is 12.8. The molecule has 0 aliphatic carbocycles. The van der Waals surface area contributed by atoms with Gasteiger partial charge >= 0.3 is 5.97 Å². The SMILES string of the molecule is CCOC(=O)c1ccccc1NC(=O)CSc1ncc(S(=O)(=O)c2ccc(C)c(Cl)c2)c(=O)[nH]1. The van der Waals surface area contributed by atoms with Gasteiger partial charge in [-0.15, -0.1) is 0 Å². The van der Waals surface area contributed by atoms with Gasteiger partial charge in [-0.25, -0.2) is 18.2 Å². The number of rotatable bonds is 8. The number of halogens is 1. The minimum Gasteiger partial charge on any atom is -0.462 e. The quantitative estimate of drug-likeness (QED) is 0.261. The second-order valence-corrected chi connectivity index (χ2v) is 10.2. The number of aromatic amines is 1. The normalized spacial score (nSPS) is 11.1. The van der Waals surface area contributed by atoms with E-state index in [1.54, 1.807) is 38.1 Å². The van der Waals surface area contributed by atoms with Gasteiger partial charge in [0, 0.05) is 5.02 Å². The molecule has 0 saturated carbocycles. The van der Waals surface area contributed by atoms with Gasteiger partial charge in [0.2, 0.25) is 15.7 Å². The number of hydrogen-bond donors (Lipinski definition) is 2. The predicted octanol–water partition coefficient (Wildman–Crippen LogP) is 3.47. The van der Waals surface area contributed by atoms with Crippen LogP contribution in [0.15, 0.2) is 68.4 Å². The lowest BCUT2D eigenvalue weighted by molar-refractivity contribution is -0.113. The summed E-state index contributed by atoms with van der Waals surface area (Å²) < 4.78 is 30.6. The van der Waals surface area contributed by atoms with Crippen molar-refractivity contribution in [3.63, 3.8) is 0 Å². The van der Waals surface area contributed by atoms with Crippen LogP contribution in [0.25, 0.3) is 0 Å². The molecule has 0 spiro atoms. The van der Waals surface area contributed by atoms with Gasteiger partial charge in [0.25, 0.3) is 5.56 Å². The number of carbonyl (C=O) groups is 2. The standard InChI is InChI=1S/C22H20ClN3O6S2/c1-3-32-21(29)15-6-4-5-7-17(15)25-19(27)12-33-22-24-11-18(20(28)26-22)34(30,31)14-9-8-13(2)16(23)10-14/h4-11H,3,12H2,1-2H3,(H,25,27)(H,24,26,28). The number of aromatic nitrogens is 2. The van der Waals surface area contributed by atoms with Crippen molar-refractivity contribution in [3.8, 4) is 0 Å². The van der Waals surface area contributed by atoms with Crippen LogP contribution in [0.1, 0.15) is 22.8 Å². The summed E-state index contributed by atoms with van der Waals surface area (Å²) in [5.74, 6) is -1.18. The number of ether oxygens (including phenoxy) is 1. The second-order valence-electron chi connectivity index (χ2n) is 6.90. The first kappa shape index (κ1) is 25.5. The van der Waals surface area contributed by atoms with E-state index in [0.717, 1.165) is 18.0 Å². The van der Waals surface area contributed by atoms with E-state index < -0.39 is 32.2 Å². The number of benzene rings is 2. The van der Waals surface area contributed by atoms with Crippen LogP contribution in [0.4, 0.5) is 5.69 Å². The molecule has 1 aromatic heterocycles. The summed E-state index contributed by atoms with van der Waals surface area (Å²) in [5.41, 5.74) is 0.316. The number of carbonyl (C=O) groups excluding carboxylic acids is 2. The highest BCUT2D eigenvalue weighted by atomic mass is 35.5. The van der Waals surface area contributed by atoms with Crippen LogP contribution in [-0.4, -0.2) is 42.6 Å². The van der Waals surface area contributed by atoms with E-state index in [-0.39, 0.29) is 38.7 Å². The second kappa shape index (κ2) is 10.9. The van der Waals surface area contributed by atoms with E-state index in [4.69, 9.17) is 16.3 Å². The maximum Gasteiger partial charge on any atom is 0.340 e. The van der Waals surface area contributed by atoms with Crippen LogP contribution in [0.2, 0.25) is 5.02 Å². The Balaban J connectivity index is 1.71. The van der Waals surface area contributed by atoms with E-state index >= 15 is 0 Å². The summed E-state index contributed by atoms with van der Waals surface area (Å²) in [6.45, 7) is 3.60. The molecule has 1 heterocycles. The molecule has 0 fully saturated rings. The fourth-order valence-electron chi connectivity index (χ4n) is 2.80. The molecule has 0 saturated heterocycles. The van der Waals surface area contributed by atoms with Gasteiger partial charge < -0.3 is 15.0 Å². The Morgan fingerprint density at radius 1 is 1.21 bits per heavy atom. The van der Waals surface area contributed by atoms with Crippen molar-refractivity contribution in [2.24, 2.45) is 0 Å². The van der Waals surface area contributed by atoms with Gasteiger partial charge in [-0.05, 0) is 43.7 Å². The fraction of sp³-hybridized carbons (Fsp3) is 0.182. The summed E-state index contributed by atoms with van der Waals surface area (Å²) in [6, 6.07) is 10.6. The average molecular weight is 522 g/mol. The number of aryl methyl sites for hydroxylation is 1. The Bertz CT molecular complexity index is 1410. The molecule has 3 aromatic rings. The smallest absolute Gasteiger partial charge is 0.340 e. The fourth-order valence-corrected chi connectivity index (χ4v) is 4.94. The molecule has 0 bridgehead atoms. The van der Waals surface area contributed by atoms with Crippen molar-refractivity contribution in [2.75, 3.05) is 17.7 Å². The van der Waals surface area contributed by atoms with Crippen LogP contribution in [0.5, 0.6) is 0 Å². The molecule has 0 unspecified atom stereocenters. The molecule has 0 aliphatic rings. The summed E-state index contributed by atoms with van der Waals surface area (Å²) in [5, 5.41) is 2.93. The lowest BCUT2D eigenvalue weighted by Crippen LogP contribution is -2.20. The van der Waals surface area contributed by atoms with Gasteiger partial charge in [-0.1, -0.05) is 41.6 Å². The molecule has 178 valence electrons. The maximum absolute atomic E-state index is 12.8. The number of anilines is 1. The summed E-state index contributed by atoms with van der Waals surface area (Å²) in [4.78, 5) is 42.5. The molecule has 2 aromatic carbocycles. The minimum absolute atomic E-state index is 0.0553. The Labute approximate surface area is 204 Å². The largest absolute Gasteiger partial charge is 0.462 e. The molecule has 3 rings (SSSR count). The van der Waals surface area contributed by atoms with Crippen molar-refractivity contribution in [2.45, 2.75) is 28.8 Å². The Morgan fingerprint density at radius 2 is 1.94 bits per heavy atom. The van der Waals surface area contributed by atoms with E-state index in [2.05, 4.69) is 15.3 Å². The third kappa shape index (κ3) is 5.85. The summed E-state index contributed by atoms with van der Waals surface area (Å²) >= 11 is 6.91. The van der Waals surface area contributed by atoms with E-state index in [1.807, 2.05) is 0 Å². The topological polar surface area (TPSA) is 135 Å². The zero-order valence-corrected chi connectivity index (χ0v) is 20.5.